The van der Waals surface area contributed by atoms with E-state index < -0.39 is 0 Å². The predicted molar refractivity (Wildman–Crippen MR) is 58.9 cm³/mol. The van der Waals surface area contributed by atoms with Gasteiger partial charge in [-0.25, -0.2) is 0 Å². The molecule has 0 bridgehead atoms. The number of nitrogens with two attached hydrogens (primary N) is 1. The van der Waals surface area contributed by atoms with Crippen molar-refractivity contribution < 1.29 is 0 Å². The summed E-state index contributed by atoms with van der Waals surface area (Å²) in [6, 6.07) is 11.6. The van der Waals surface area contributed by atoms with Crippen molar-refractivity contribution in [3.63, 3.8) is 0 Å². The highest BCUT2D eigenvalue weighted by Crippen LogP contribution is 2.22. The summed E-state index contributed by atoms with van der Waals surface area (Å²) in [6.07, 6.45) is 2.06. The fourth-order valence-electron chi connectivity index (χ4n) is 1.64. The van der Waals surface area contributed by atoms with Crippen molar-refractivity contribution in [1.82, 2.24) is 4.98 Å². The number of hydrogen-bond donors (Lipinski definition) is 1. The molecule has 0 aliphatic rings. The second kappa shape index (κ2) is 4.07. The van der Waals surface area contributed by atoms with Gasteiger partial charge in [0.1, 0.15) is 0 Å². The molecule has 0 amide bonds. The van der Waals surface area contributed by atoms with Crippen molar-refractivity contribution in [2.75, 3.05) is 0 Å². The Balaban J connectivity index is 2.56. The van der Waals surface area contributed by atoms with E-state index in [2.05, 4.69) is 11.1 Å². The third-order valence-corrected chi connectivity index (χ3v) is 2.37. The van der Waals surface area contributed by atoms with Crippen molar-refractivity contribution in [3.8, 4) is 6.07 Å². The molecule has 3 heteroatoms. The van der Waals surface area contributed by atoms with Gasteiger partial charge in [-0.15, -0.1) is 0 Å². The second-order valence-electron chi connectivity index (χ2n) is 3.39. The van der Waals surface area contributed by atoms with Crippen molar-refractivity contribution in [2.45, 2.75) is 12.5 Å². The van der Waals surface area contributed by atoms with Crippen LogP contribution in [0.1, 0.15) is 18.0 Å². The van der Waals surface area contributed by atoms with Crippen LogP contribution in [0.2, 0.25) is 0 Å². The molecule has 0 fully saturated rings. The van der Waals surface area contributed by atoms with Crippen LogP contribution < -0.4 is 5.73 Å². The van der Waals surface area contributed by atoms with Crippen LogP contribution in [0.25, 0.3) is 10.9 Å². The van der Waals surface area contributed by atoms with Crippen molar-refractivity contribution >= 4 is 10.9 Å². The highest BCUT2D eigenvalue weighted by molar-refractivity contribution is 5.81. The van der Waals surface area contributed by atoms with Gasteiger partial charge in [0.15, 0.2) is 0 Å². The zero-order valence-electron chi connectivity index (χ0n) is 8.22. The number of rotatable bonds is 2. The molecule has 1 aromatic heterocycles. The lowest BCUT2D eigenvalue weighted by molar-refractivity contribution is 0.753. The monoisotopic (exact) mass is 197 g/mol. The maximum atomic E-state index is 8.62. The van der Waals surface area contributed by atoms with Gasteiger partial charge < -0.3 is 5.73 Å². The molecule has 1 heterocycles. The van der Waals surface area contributed by atoms with Gasteiger partial charge >= 0.3 is 0 Å². The Bertz CT molecular complexity index is 508. The highest BCUT2D eigenvalue weighted by Gasteiger charge is 2.09. The summed E-state index contributed by atoms with van der Waals surface area (Å²) < 4.78 is 0. The van der Waals surface area contributed by atoms with E-state index in [1.54, 1.807) is 6.20 Å². The van der Waals surface area contributed by atoms with Crippen LogP contribution in [-0.4, -0.2) is 4.98 Å². The minimum absolute atomic E-state index is 0.256. The smallest absolute Gasteiger partial charge is 0.0750 e. The summed E-state index contributed by atoms with van der Waals surface area (Å²) in [4.78, 5) is 4.30. The molecule has 1 aromatic carbocycles. The SMILES string of the molecule is N#CC[C@@H](N)c1cccc2cccnc12. The largest absolute Gasteiger partial charge is 0.323 e. The minimum atomic E-state index is -0.256. The van der Waals surface area contributed by atoms with E-state index in [9.17, 15) is 0 Å². The summed E-state index contributed by atoms with van der Waals surface area (Å²) in [5.41, 5.74) is 7.74. The fraction of sp³-hybridized carbons (Fsp3) is 0.167. The molecule has 0 radical (unpaired) electrons. The second-order valence-corrected chi connectivity index (χ2v) is 3.39. The van der Waals surface area contributed by atoms with Crippen molar-refractivity contribution in [1.29, 1.82) is 5.26 Å². The van der Waals surface area contributed by atoms with E-state index >= 15 is 0 Å². The topological polar surface area (TPSA) is 62.7 Å². The average Bonchev–Trinajstić information content (AvgIpc) is 2.28. The number of para-hydroxylation sites is 1. The molecule has 74 valence electrons. The van der Waals surface area contributed by atoms with Gasteiger partial charge in [0.25, 0.3) is 0 Å². The fourth-order valence-corrected chi connectivity index (χ4v) is 1.64. The lowest BCUT2D eigenvalue weighted by atomic mass is 10.0. The molecule has 15 heavy (non-hydrogen) atoms. The number of benzene rings is 1. The molecule has 2 N–H and O–H groups in total. The Labute approximate surface area is 88.2 Å². The van der Waals surface area contributed by atoms with E-state index in [0.717, 1.165) is 16.5 Å². The molecule has 0 spiro atoms. The average molecular weight is 197 g/mol. The Hall–Kier alpha value is -1.92. The number of nitrogens with zero attached hydrogens (tertiary/aromatic N) is 2. The van der Waals surface area contributed by atoms with Gasteiger partial charge in [-0.1, -0.05) is 24.3 Å². The highest BCUT2D eigenvalue weighted by atomic mass is 14.7. The van der Waals surface area contributed by atoms with Gasteiger partial charge in [0, 0.05) is 17.6 Å². The molecule has 0 saturated heterocycles. The Morgan fingerprint density at radius 2 is 2.13 bits per heavy atom. The molecule has 0 aliphatic heterocycles. The van der Waals surface area contributed by atoms with Crippen molar-refractivity contribution in [3.05, 3.63) is 42.1 Å². The minimum Gasteiger partial charge on any atom is -0.323 e. The van der Waals surface area contributed by atoms with Crippen LogP contribution in [-0.2, 0) is 0 Å². The molecular formula is C12H11N3. The Morgan fingerprint density at radius 3 is 2.93 bits per heavy atom. The maximum absolute atomic E-state index is 8.62. The summed E-state index contributed by atoms with van der Waals surface area (Å²) >= 11 is 0. The molecule has 0 aliphatic carbocycles. The summed E-state index contributed by atoms with van der Waals surface area (Å²) in [5.74, 6) is 0. The van der Waals surface area contributed by atoms with Gasteiger partial charge in [0.2, 0.25) is 0 Å². The number of fused-ring (bicyclic) bond motifs is 1. The van der Waals surface area contributed by atoms with E-state index in [-0.39, 0.29) is 6.04 Å². The van der Waals surface area contributed by atoms with Gasteiger partial charge in [-0.3, -0.25) is 4.98 Å². The lowest BCUT2D eigenvalue weighted by Gasteiger charge is -2.10. The van der Waals surface area contributed by atoms with Gasteiger partial charge in [-0.2, -0.15) is 5.26 Å². The molecule has 0 unspecified atom stereocenters. The van der Waals surface area contributed by atoms with Crippen LogP contribution in [0.4, 0.5) is 0 Å². The summed E-state index contributed by atoms with van der Waals surface area (Å²) in [5, 5.41) is 9.68. The standard InChI is InChI=1S/C12H11N3/c13-7-6-11(14)10-5-1-3-9-4-2-8-15-12(9)10/h1-5,8,11H,6,14H2/t11-/m1/s1. The maximum Gasteiger partial charge on any atom is 0.0750 e. The van der Waals surface area contributed by atoms with E-state index in [1.165, 1.54) is 0 Å². The number of hydrogen-bond acceptors (Lipinski definition) is 3. The molecular weight excluding hydrogens is 186 g/mol. The third-order valence-electron chi connectivity index (χ3n) is 2.37. The van der Waals surface area contributed by atoms with Crippen LogP contribution in [0.15, 0.2) is 36.5 Å². The summed E-state index contributed by atoms with van der Waals surface area (Å²) in [7, 11) is 0. The lowest BCUT2D eigenvalue weighted by Crippen LogP contribution is -2.10. The third kappa shape index (κ3) is 1.80. The van der Waals surface area contributed by atoms with E-state index in [4.69, 9.17) is 11.0 Å². The first-order valence-electron chi connectivity index (χ1n) is 4.79. The molecule has 0 saturated carbocycles. The quantitative estimate of drug-likeness (QED) is 0.802. The predicted octanol–water partition coefficient (Wildman–Crippen LogP) is 2.15. The van der Waals surface area contributed by atoms with E-state index in [1.807, 2.05) is 30.3 Å². The normalized spacial score (nSPS) is 12.3. The Morgan fingerprint density at radius 1 is 1.33 bits per heavy atom. The number of nitriles is 1. The zero-order chi connectivity index (χ0) is 10.7. The van der Waals surface area contributed by atoms with Crippen LogP contribution in [0.5, 0.6) is 0 Å². The van der Waals surface area contributed by atoms with Crippen molar-refractivity contribution in [2.24, 2.45) is 5.73 Å². The first-order valence-corrected chi connectivity index (χ1v) is 4.79. The van der Waals surface area contributed by atoms with Gasteiger partial charge in [-0.05, 0) is 11.6 Å². The van der Waals surface area contributed by atoms with Gasteiger partial charge in [0.05, 0.1) is 18.0 Å². The summed E-state index contributed by atoms with van der Waals surface area (Å²) in [6.45, 7) is 0. The number of pyridine rings is 1. The van der Waals surface area contributed by atoms with Crippen LogP contribution in [0.3, 0.4) is 0 Å². The molecule has 2 rings (SSSR count). The van der Waals surface area contributed by atoms with Crippen LogP contribution >= 0.6 is 0 Å². The molecule has 3 nitrogen and oxygen atoms in total. The van der Waals surface area contributed by atoms with E-state index in [0.29, 0.717) is 6.42 Å². The first kappa shape index (κ1) is 9.63. The first-order chi connectivity index (χ1) is 7.33. The van der Waals surface area contributed by atoms with Crippen LogP contribution in [0, 0.1) is 11.3 Å². The molecule has 1 atom stereocenters. The Kier molecular flexibility index (Phi) is 2.61. The number of aromatic nitrogens is 1. The molecule has 2 aromatic rings. The zero-order valence-corrected chi connectivity index (χ0v) is 8.22.